The van der Waals surface area contributed by atoms with E-state index in [1.807, 2.05) is 20.8 Å². The molecule has 3 saturated carbocycles. The van der Waals surface area contributed by atoms with Crippen LogP contribution in [0.1, 0.15) is 65.7 Å². The van der Waals surface area contributed by atoms with Gasteiger partial charge in [0.15, 0.2) is 5.41 Å². The third kappa shape index (κ3) is 3.64. The van der Waals surface area contributed by atoms with Crippen LogP contribution in [0.3, 0.4) is 0 Å². The average molecular weight is 451 g/mol. The van der Waals surface area contributed by atoms with Gasteiger partial charge in [0.2, 0.25) is 0 Å². The summed E-state index contributed by atoms with van der Waals surface area (Å²) in [6, 6.07) is 0. The Balaban J connectivity index is 1.41. The molecule has 174 valence electrons. The molecule has 3 aliphatic carbocycles. The Hall–Kier alpha value is -1.37. The van der Waals surface area contributed by atoms with Gasteiger partial charge < -0.3 is 14.2 Å². The summed E-state index contributed by atoms with van der Waals surface area (Å²) < 4.78 is 17.4. The molecule has 0 aromatic heterocycles. The zero-order valence-electron chi connectivity index (χ0n) is 19.9. The second-order valence-corrected chi connectivity index (χ2v) is 17.5. The first kappa shape index (κ1) is 22.8. The van der Waals surface area contributed by atoms with E-state index in [4.69, 9.17) is 14.2 Å². The summed E-state index contributed by atoms with van der Waals surface area (Å²) in [6.07, 6.45) is 4.65. The van der Waals surface area contributed by atoms with Crippen LogP contribution in [-0.4, -0.2) is 44.3 Å². The van der Waals surface area contributed by atoms with E-state index in [1.54, 1.807) is 0 Å². The normalized spacial score (nSPS) is 39.4. The van der Waals surface area contributed by atoms with Crippen molar-refractivity contribution in [2.75, 3.05) is 0 Å². The molecule has 4 rings (SSSR count). The highest BCUT2D eigenvalue weighted by Crippen LogP contribution is 2.63. The van der Waals surface area contributed by atoms with E-state index in [0.29, 0.717) is 19.3 Å². The fourth-order valence-electron chi connectivity index (χ4n) is 6.16. The number of hydrogen-bond donors (Lipinski definition) is 0. The molecule has 0 radical (unpaired) electrons. The smallest absolute Gasteiger partial charge is 0.324 e. The Morgan fingerprint density at radius 2 is 1.77 bits per heavy atom. The maximum absolute atomic E-state index is 13.3. The van der Waals surface area contributed by atoms with E-state index < -0.39 is 43.1 Å². The molecule has 2 bridgehead atoms. The summed E-state index contributed by atoms with van der Waals surface area (Å²) in [5, 5.41) is 0. The van der Waals surface area contributed by atoms with Gasteiger partial charge in [-0.05, 0) is 64.3 Å². The molecule has 0 N–H and O–H groups in total. The molecule has 6 nitrogen and oxygen atoms in total. The zero-order chi connectivity index (χ0) is 22.8. The standard InChI is InChI=1S/C24H38O6Si/c1-7-23(2,3)20(25)29-18-14-12-17-19(18)30-22(27)24(17,13-14)21(26)28-15-8-10-16(11-9-15)31(4,5)6/h14-19H,7-13H2,1-6H3. The largest absolute Gasteiger partial charge is 0.462 e. The summed E-state index contributed by atoms with van der Waals surface area (Å²) in [6.45, 7) is 12.9. The van der Waals surface area contributed by atoms with Crippen LogP contribution in [0.15, 0.2) is 0 Å². The summed E-state index contributed by atoms with van der Waals surface area (Å²) in [5.74, 6) is -1.39. The van der Waals surface area contributed by atoms with E-state index in [-0.39, 0.29) is 23.9 Å². The summed E-state index contributed by atoms with van der Waals surface area (Å²) >= 11 is 0. The molecule has 4 aliphatic rings. The molecule has 0 amide bonds. The molecule has 5 unspecified atom stereocenters. The predicted octanol–water partition coefficient (Wildman–Crippen LogP) is 4.48. The van der Waals surface area contributed by atoms with E-state index in [2.05, 4.69) is 19.6 Å². The number of carbonyl (C=O) groups excluding carboxylic acids is 3. The van der Waals surface area contributed by atoms with Gasteiger partial charge in [0.1, 0.15) is 18.3 Å². The van der Waals surface area contributed by atoms with Crippen molar-refractivity contribution in [3.63, 3.8) is 0 Å². The maximum atomic E-state index is 13.3. The predicted molar refractivity (Wildman–Crippen MR) is 118 cm³/mol. The van der Waals surface area contributed by atoms with Crippen molar-refractivity contribution in [1.29, 1.82) is 0 Å². The Morgan fingerprint density at radius 1 is 1.13 bits per heavy atom. The quantitative estimate of drug-likeness (QED) is 0.257. The first-order valence-electron chi connectivity index (χ1n) is 12.0. The molecule has 7 heteroatoms. The van der Waals surface area contributed by atoms with Crippen LogP contribution >= 0.6 is 0 Å². The van der Waals surface area contributed by atoms with Gasteiger partial charge in [-0.15, -0.1) is 0 Å². The topological polar surface area (TPSA) is 78.9 Å². The third-order valence-electron chi connectivity index (χ3n) is 8.78. The number of fused-ring (bicyclic) bond motifs is 1. The minimum atomic E-state index is -1.19. The van der Waals surface area contributed by atoms with Crippen LogP contribution in [0.25, 0.3) is 0 Å². The SMILES string of the molecule is CCC(C)(C)C(=O)OC1C2CC3C1OC(=O)C3(C(=O)OC1CCC([Si](C)(C)C)CC1)C2. The number of hydrogen-bond acceptors (Lipinski definition) is 6. The molecule has 1 heterocycles. The van der Waals surface area contributed by atoms with E-state index in [9.17, 15) is 14.4 Å². The summed E-state index contributed by atoms with van der Waals surface area (Å²) in [4.78, 5) is 38.8. The van der Waals surface area contributed by atoms with Gasteiger partial charge in [0.05, 0.1) is 5.41 Å². The third-order valence-corrected chi connectivity index (χ3v) is 11.8. The van der Waals surface area contributed by atoms with Crippen LogP contribution < -0.4 is 0 Å². The Morgan fingerprint density at radius 3 is 2.35 bits per heavy atom. The van der Waals surface area contributed by atoms with Gasteiger partial charge >= 0.3 is 17.9 Å². The zero-order valence-corrected chi connectivity index (χ0v) is 20.9. The van der Waals surface area contributed by atoms with Crippen LogP contribution in [0.4, 0.5) is 0 Å². The Bertz CT molecular complexity index is 763. The van der Waals surface area contributed by atoms with Crippen molar-refractivity contribution in [2.45, 2.75) is 109 Å². The molecule has 4 fully saturated rings. The summed E-state index contributed by atoms with van der Waals surface area (Å²) in [5.41, 5.74) is -0.990. The van der Waals surface area contributed by atoms with E-state index in [0.717, 1.165) is 31.2 Å². The highest BCUT2D eigenvalue weighted by atomic mass is 28.3. The van der Waals surface area contributed by atoms with Gasteiger partial charge in [-0.3, -0.25) is 14.4 Å². The lowest BCUT2D eigenvalue weighted by atomic mass is 9.73. The fraction of sp³-hybridized carbons (Fsp3) is 0.875. The second-order valence-electron chi connectivity index (χ2n) is 12.0. The van der Waals surface area contributed by atoms with E-state index >= 15 is 0 Å². The molecule has 31 heavy (non-hydrogen) atoms. The lowest BCUT2D eigenvalue weighted by molar-refractivity contribution is -0.170. The van der Waals surface area contributed by atoms with Crippen molar-refractivity contribution < 1.29 is 28.6 Å². The lowest BCUT2D eigenvalue weighted by Crippen LogP contribution is -2.47. The van der Waals surface area contributed by atoms with Crippen molar-refractivity contribution >= 4 is 26.0 Å². The minimum absolute atomic E-state index is 0.0202. The van der Waals surface area contributed by atoms with Crippen molar-refractivity contribution in [1.82, 2.24) is 0 Å². The number of esters is 3. The Labute approximate surface area is 186 Å². The van der Waals surface area contributed by atoms with Crippen molar-refractivity contribution in [3.05, 3.63) is 0 Å². The first-order valence-corrected chi connectivity index (χ1v) is 15.6. The molecule has 5 atom stereocenters. The van der Waals surface area contributed by atoms with E-state index in [1.165, 1.54) is 0 Å². The monoisotopic (exact) mass is 450 g/mol. The molecular weight excluding hydrogens is 412 g/mol. The summed E-state index contributed by atoms with van der Waals surface area (Å²) in [7, 11) is -1.18. The molecule has 0 aromatic carbocycles. The molecule has 1 saturated heterocycles. The lowest BCUT2D eigenvalue weighted by Gasteiger charge is -2.37. The van der Waals surface area contributed by atoms with Crippen LogP contribution in [0, 0.1) is 22.7 Å². The molecule has 1 aliphatic heterocycles. The number of ether oxygens (including phenoxy) is 3. The number of rotatable bonds is 6. The maximum Gasteiger partial charge on any atom is 0.324 e. The Kier molecular flexibility index (Phi) is 5.59. The minimum Gasteiger partial charge on any atom is -0.462 e. The highest BCUT2D eigenvalue weighted by Gasteiger charge is 2.75. The van der Waals surface area contributed by atoms with Crippen LogP contribution in [-0.2, 0) is 28.6 Å². The van der Waals surface area contributed by atoms with Gasteiger partial charge in [-0.2, -0.15) is 0 Å². The van der Waals surface area contributed by atoms with Gasteiger partial charge in [-0.25, -0.2) is 0 Å². The van der Waals surface area contributed by atoms with Crippen LogP contribution in [0.2, 0.25) is 25.2 Å². The second kappa shape index (κ2) is 7.60. The highest BCUT2D eigenvalue weighted by molar-refractivity contribution is 6.77. The molecule has 0 aromatic rings. The van der Waals surface area contributed by atoms with Crippen molar-refractivity contribution in [2.24, 2.45) is 22.7 Å². The van der Waals surface area contributed by atoms with Crippen LogP contribution in [0.5, 0.6) is 0 Å². The van der Waals surface area contributed by atoms with Gasteiger partial charge in [-0.1, -0.05) is 26.6 Å². The van der Waals surface area contributed by atoms with Gasteiger partial charge in [0, 0.05) is 19.9 Å². The molecular formula is C24H38O6Si. The number of carbonyl (C=O) groups is 3. The first-order chi connectivity index (χ1) is 14.4. The average Bonchev–Trinajstić information content (AvgIpc) is 3.30. The van der Waals surface area contributed by atoms with Gasteiger partial charge in [0.25, 0.3) is 0 Å². The van der Waals surface area contributed by atoms with Crippen molar-refractivity contribution in [3.8, 4) is 0 Å². The molecule has 0 spiro atoms. The fourth-order valence-corrected chi connectivity index (χ4v) is 8.23.